The number of aromatic hydroxyl groups is 1. The highest BCUT2D eigenvalue weighted by molar-refractivity contribution is 5.56. The van der Waals surface area contributed by atoms with Crippen LogP contribution in [0.25, 0.3) is 0 Å². The fraction of sp³-hybridized carbons (Fsp3) is 0.143. The summed E-state index contributed by atoms with van der Waals surface area (Å²) in [6.45, 7) is 1.44. The molecule has 1 aromatic carbocycles. The van der Waals surface area contributed by atoms with Gasteiger partial charge >= 0.3 is 0 Å². The summed E-state index contributed by atoms with van der Waals surface area (Å²) < 4.78 is 0. The average molecular weight is 202 g/mol. The first kappa shape index (κ1) is 10.9. The van der Waals surface area contributed by atoms with Crippen LogP contribution in [0, 0.1) is 17.3 Å². The first-order valence-corrected chi connectivity index (χ1v) is 3.73. The highest BCUT2D eigenvalue weighted by Gasteiger charge is 2.15. The van der Waals surface area contributed by atoms with E-state index >= 15 is 0 Å². The number of phenols is 1. The minimum Gasteiger partial charge on any atom is -0.595 e. The van der Waals surface area contributed by atoms with Gasteiger partial charge in [0.05, 0.1) is 6.07 Å². The van der Waals surface area contributed by atoms with E-state index in [0.717, 1.165) is 6.07 Å². The van der Waals surface area contributed by atoms with Gasteiger partial charge in [0.2, 0.25) is 5.69 Å². The van der Waals surface area contributed by atoms with E-state index in [9.17, 15) is 15.5 Å². The highest BCUT2D eigenvalue weighted by atomic mass is 16.8. The highest BCUT2D eigenvalue weighted by Crippen LogP contribution is 2.26. The summed E-state index contributed by atoms with van der Waals surface area (Å²) in [5.41, 5.74) is -0.331. The van der Waals surface area contributed by atoms with Crippen LogP contribution in [0.2, 0.25) is 0 Å². The Morgan fingerprint density at radius 2 is 1.71 bits per heavy atom. The summed E-state index contributed by atoms with van der Waals surface area (Å²) in [5, 5.41) is 45.2. The van der Waals surface area contributed by atoms with Crippen LogP contribution in [0.5, 0.6) is 5.75 Å². The molecule has 7 nitrogen and oxygen atoms in total. The number of nitrogens with one attached hydrogen (secondary N) is 2. The first-order chi connectivity index (χ1) is 6.43. The maximum Gasteiger partial charge on any atom is 0.212 e. The molecule has 0 saturated carbocycles. The van der Waals surface area contributed by atoms with Crippen LogP contribution >= 0.6 is 0 Å². The molecule has 0 bridgehead atoms. The fourth-order valence-electron chi connectivity index (χ4n) is 1.07. The summed E-state index contributed by atoms with van der Waals surface area (Å²) in [6.07, 6.45) is 0. The van der Waals surface area contributed by atoms with Gasteiger partial charge in [0.25, 0.3) is 0 Å². The lowest BCUT2D eigenvalue weighted by atomic mass is 10.1. The van der Waals surface area contributed by atoms with Gasteiger partial charge in [-0.1, -0.05) is 0 Å². The summed E-state index contributed by atoms with van der Waals surface area (Å²) in [4.78, 5) is 0. The molecule has 0 aliphatic heterocycles. The zero-order chi connectivity index (χ0) is 10.9. The van der Waals surface area contributed by atoms with Gasteiger partial charge in [-0.2, -0.15) is 10.5 Å². The molecule has 0 heterocycles. The summed E-state index contributed by atoms with van der Waals surface area (Å²) >= 11 is 0. The number of phenolic OH excluding ortho intramolecular Hbond substituents is 1. The van der Waals surface area contributed by atoms with Crippen LogP contribution < -0.4 is 10.5 Å². The van der Waals surface area contributed by atoms with E-state index < -0.39 is 21.9 Å². The largest absolute Gasteiger partial charge is 0.595 e. The zero-order valence-corrected chi connectivity index (χ0v) is 7.31. The monoisotopic (exact) mass is 202 g/mol. The van der Waals surface area contributed by atoms with Gasteiger partial charge in [-0.15, -0.1) is 0 Å². The van der Waals surface area contributed by atoms with Crippen molar-refractivity contribution in [2.75, 3.05) is 0 Å². The standard InChI is InChI=1S/C7H10N2O5/c1-4-2-5(8(11)12)3-6(7(4)10)9(13)14/h2-3,8-11,13H,1H3. The van der Waals surface area contributed by atoms with Crippen LogP contribution in [0.4, 0.5) is 11.4 Å². The van der Waals surface area contributed by atoms with Crippen LogP contribution in [-0.4, -0.2) is 15.5 Å². The number of hydrogen-bond acceptors (Lipinski definition) is 5. The van der Waals surface area contributed by atoms with E-state index in [0.29, 0.717) is 0 Å². The van der Waals surface area contributed by atoms with Gasteiger partial charge in [-0.05, 0) is 6.92 Å². The van der Waals surface area contributed by atoms with Crippen LogP contribution in [0.3, 0.4) is 0 Å². The van der Waals surface area contributed by atoms with E-state index in [2.05, 4.69) is 0 Å². The molecular formula is C7H10N2O5. The number of benzene rings is 1. The Hall–Kier alpha value is -1.22. The van der Waals surface area contributed by atoms with Crippen molar-refractivity contribution in [3.8, 4) is 5.75 Å². The second-order valence-electron chi connectivity index (χ2n) is 2.80. The SMILES string of the molecule is Cc1cc([NH+]([O-])O)cc([NH+]([O-])O)c1O. The number of aryl methyl sites for hydroxylation is 1. The molecule has 2 atom stereocenters. The van der Waals surface area contributed by atoms with Crippen LogP contribution in [-0.2, 0) is 0 Å². The lowest BCUT2D eigenvalue weighted by Crippen LogP contribution is -3.00. The van der Waals surface area contributed by atoms with Gasteiger partial charge in [0.15, 0.2) is 11.4 Å². The molecule has 0 radical (unpaired) electrons. The Balaban J connectivity index is 3.28. The Labute approximate surface area is 79.1 Å². The molecule has 1 aromatic rings. The van der Waals surface area contributed by atoms with Crippen molar-refractivity contribution >= 4 is 11.4 Å². The Morgan fingerprint density at radius 3 is 2.14 bits per heavy atom. The molecule has 0 aromatic heterocycles. The lowest BCUT2D eigenvalue weighted by Gasteiger charge is -2.17. The van der Waals surface area contributed by atoms with Crippen molar-refractivity contribution < 1.29 is 26.0 Å². The number of hydrogen-bond donors (Lipinski definition) is 5. The van der Waals surface area contributed by atoms with Gasteiger partial charge in [0.1, 0.15) is 0 Å². The fourth-order valence-corrected chi connectivity index (χ4v) is 1.07. The lowest BCUT2D eigenvalue weighted by molar-refractivity contribution is -0.996. The minimum absolute atomic E-state index is 0.155. The maximum absolute atomic E-state index is 10.6. The number of quaternary nitrogens is 2. The summed E-state index contributed by atoms with van der Waals surface area (Å²) in [5.74, 6) is -0.400. The first-order valence-electron chi connectivity index (χ1n) is 3.73. The maximum atomic E-state index is 10.6. The molecule has 0 fully saturated rings. The predicted octanol–water partition coefficient (Wildman–Crippen LogP) is -1.49. The topological polar surface area (TPSA) is 116 Å². The molecule has 2 unspecified atom stereocenters. The van der Waals surface area contributed by atoms with Gasteiger partial charge in [0, 0.05) is 11.6 Å². The quantitative estimate of drug-likeness (QED) is 0.227. The molecule has 14 heavy (non-hydrogen) atoms. The predicted molar refractivity (Wildman–Crippen MR) is 44.4 cm³/mol. The summed E-state index contributed by atoms with van der Waals surface area (Å²) in [7, 11) is 0. The second kappa shape index (κ2) is 3.88. The molecule has 0 aliphatic carbocycles. The Bertz CT molecular complexity index is 339. The molecule has 78 valence electrons. The van der Waals surface area contributed by atoms with Crippen LogP contribution in [0.15, 0.2) is 12.1 Å². The van der Waals surface area contributed by atoms with Gasteiger partial charge in [-0.25, -0.2) is 10.4 Å². The molecule has 7 heteroatoms. The third kappa shape index (κ3) is 1.99. The van der Waals surface area contributed by atoms with Crippen molar-refractivity contribution in [2.45, 2.75) is 6.92 Å². The third-order valence-electron chi connectivity index (χ3n) is 1.78. The van der Waals surface area contributed by atoms with Gasteiger partial charge < -0.3 is 15.5 Å². The number of rotatable bonds is 2. The normalized spacial score (nSPS) is 15.2. The van der Waals surface area contributed by atoms with E-state index in [-0.39, 0.29) is 11.3 Å². The van der Waals surface area contributed by atoms with E-state index in [1.807, 2.05) is 0 Å². The molecule has 0 amide bonds. The van der Waals surface area contributed by atoms with Crippen LogP contribution in [0.1, 0.15) is 5.56 Å². The Morgan fingerprint density at radius 1 is 1.14 bits per heavy atom. The van der Waals surface area contributed by atoms with Crippen molar-refractivity contribution in [3.05, 3.63) is 28.1 Å². The molecule has 0 spiro atoms. The molecule has 5 N–H and O–H groups in total. The second-order valence-corrected chi connectivity index (χ2v) is 2.80. The third-order valence-corrected chi connectivity index (χ3v) is 1.78. The van der Waals surface area contributed by atoms with Crippen molar-refractivity contribution in [2.24, 2.45) is 0 Å². The molecule has 0 saturated heterocycles. The molecular weight excluding hydrogens is 192 g/mol. The van der Waals surface area contributed by atoms with Crippen molar-refractivity contribution in [3.63, 3.8) is 0 Å². The average Bonchev–Trinajstić information content (AvgIpc) is 2.08. The summed E-state index contributed by atoms with van der Waals surface area (Å²) in [6, 6.07) is 2.14. The van der Waals surface area contributed by atoms with E-state index in [4.69, 9.17) is 10.4 Å². The van der Waals surface area contributed by atoms with Crippen molar-refractivity contribution in [1.82, 2.24) is 0 Å². The smallest absolute Gasteiger partial charge is 0.212 e. The van der Waals surface area contributed by atoms with Crippen molar-refractivity contribution in [1.29, 1.82) is 0 Å². The van der Waals surface area contributed by atoms with E-state index in [1.165, 1.54) is 13.0 Å². The van der Waals surface area contributed by atoms with E-state index in [1.54, 1.807) is 0 Å². The minimum atomic E-state index is -1.35. The molecule has 0 aliphatic rings. The molecule has 1 rings (SSSR count). The van der Waals surface area contributed by atoms with Gasteiger partial charge in [-0.3, -0.25) is 0 Å². The zero-order valence-electron chi connectivity index (χ0n) is 7.31. The Kier molecular flexibility index (Phi) is 3.01.